The maximum Gasteiger partial charge on any atom is 0.0686 e. The first-order valence-electron chi connectivity index (χ1n) is 8.54. The number of aryl methyl sites for hydroxylation is 2. The van der Waals surface area contributed by atoms with Gasteiger partial charge in [0.05, 0.1) is 5.69 Å². The van der Waals surface area contributed by atoms with E-state index in [9.17, 15) is 0 Å². The van der Waals surface area contributed by atoms with E-state index in [2.05, 4.69) is 40.8 Å². The lowest BCUT2D eigenvalue weighted by Gasteiger charge is -2.28. The van der Waals surface area contributed by atoms with E-state index in [1.807, 2.05) is 4.68 Å². The Morgan fingerprint density at radius 1 is 1.00 bits per heavy atom. The largest absolute Gasteiger partial charge is 0.273 e. The molecule has 0 radical (unpaired) electrons. The third-order valence-electron chi connectivity index (χ3n) is 4.65. The van der Waals surface area contributed by atoms with Crippen molar-refractivity contribution in [1.29, 1.82) is 0 Å². The van der Waals surface area contributed by atoms with Gasteiger partial charge in [0.15, 0.2) is 0 Å². The molecule has 1 aromatic rings. The molecule has 0 amide bonds. The van der Waals surface area contributed by atoms with Crippen LogP contribution in [0, 0.1) is 6.92 Å². The van der Waals surface area contributed by atoms with E-state index in [0.29, 0.717) is 0 Å². The smallest absolute Gasteiger partial charge is 0.0686 e. The minimum atomic E-state index is 0.273. The third kappa shape index (κ3) is 4.96. The molecule has 1 rings (SSSR count). The fourth-order valence-electron chi connectivity index (χ4n) is 2.94. The van der Waals surface area contributed by atoms with Crippen molar-refractivity contribution < 1.29 is 0 Å². The van der Waals surface area contributed by atoms with Gasteiger partial charge in [-0.3, -0.25) is 4.68 Å². The van der Waals surface area contributed by atoms with E-state index < -0.39 is 0 Å². The Morgan fingerprint density at radius 3 is 2.05 bits per heavy atom. The number of hydrogen-bond donors (Lipinski definition) is 0. The Bertz CT molecular complexity index is 361. The zero-order valence-corrected chi connectivity index (χ0v) is 14.3. The SMILES string of the molecule is CCCCCCC(C)(CCCCC)c1cc(C)n(C)n1. The van der Waals surface area contributed by atoms with Gasteiger partial charge < -0.3 is 0 Å². The van der Waals surface area contributed by atoms with Gasteiger partial charge in [0.2, 0.25) is 0 Å². The second kappa shape index (κ2) is 8.49. The molecule has 0 aliphatic heterocycles. The molecule has 0 fully saturated rings. The summed E-state index contributed by atoms with van der Waals surface area (Å²) in [6, 6.07) is 2.30. The van der Waals surface area contributed by atoms with Crippen molar-refractivity contribution in [3.05, 3.63) is 17.5 Å². The normalized spacial score (nSPS) is 14.4. The molecule has 0 aliphatic rings. The van der Waals surface area contributed by atoms with Gasteiger partial charge in [0, 0.05) is 18.2 Å². The van der Waals surface area contributed by atoms with Crippen molar-refractivity contribution in [2.24, 2.45) is 7.05 Å². The summed E-state index contributed by atoms with van der Waals surface area (Å²) in [7, 11) is 2.06. The summed E-state index contributed by atoms with van der Waals surface area (Å²) in [6.07, 6.45) is 11.9. The van der Waals surface area contributed by atoms with Crippen LogP contribution < -0.4 is 0 Å². The van der Waals surface area contributed by atoms with E-state index in [0.717, 1.165) is 0 Å². The molecule has 0 bridgehead atoms. The molecule has 0 aliphatic carbocycles. The topological polar surface area (TPSA) is 17.8 Å². The van der Waals surface area contributed by atoms with Crippen molar-refractivity contribution in [3.63, 3.8) is 0 Å². The minimum absolute atomic E-state index is 0.273. The Hall–Kier alpha value is -0.790. The Balaban J connectivity index is 2.71. The van der Waals surface area contributed by atoms with Gasteiger partial charge in [-0.05, 0) is 25.8 Å². The fraction of sp³-hybridized carbons (Fsp3) is 0.833. The van der Waals surface area contributed by atoms with Crippen LogP contribution in [0.15, 0.2) is 6.07 Å². The molecule has 0 aromatic carbocycles. The molecular weight excluding hydrogens is 244 g/mol. The first-order chi connectivity index (χ1) is 9.53. The van der Waals surface area contributed by atoms with Crippen LogP contribution in [0.2, 0.25) is 0 Å². The lowest BCUT2D eigenvalue weighted by atomic mass is 9.77. The quantitative estimate of drug-likeness (QED) is 0.514. The van der Waals surface area contributed by atoms with Crippen LogP contribution >= 0.6 is 0 Å². The van der Waals surface area contributed by atoms with E-state index in [1.165, 1.54) is 69.2 Å². The molecule has 2 nitrogen and oxygen atoms in total. The predicted octanol–water partition coefficient (Wildman–Crippen LogP) is 5.54. The summed E-state index contributed by atoms with van der Waals surface area (Å²) in [5, 5.41) is 4.78. The number of rotatable bonds is 10. The molecule has 2 heteroatoms. The van der Waals surface area contributed by atoms with Gasteiger partial charge >= 0.3 is 0 Å². The van der Waals surface area contributed by atoms with E-state index in [-0.39, 0.29) is 5.41 Å². The Morgan fingerprint density at radius 2 is 1.55 bits per heavy atom. The first kappa shape index (κ1) is 17.3. The summed E-state index contributed by atoms with van der Waals surface area (Å²) in [5.74, 6) is 0. The Labute approximate surface area is 126 Å². The van der Waals surface area contributed by atoms with Crippen LogP contribution in [-0.2, 0) is 12.5 Å². The highest BCUT2D eigenvalue weighted by molar-refractivity contribution is 5.18. The van der Waals surface area contributed by atoms with Crippen LogP contribution in [-0.4, -0.2) is 9.78 Å². The van der Waals surface area contributed by atoms with Crippen LogP contribution in [0.1, 0.15) is 89.9 Å². The summed E-state index contributed by atoms with van der Waals surface area (Å²) < 4.78 is 2.03. The molecule has 1 unspecified atom stereocenters. The van der Waals surface area contributed by atoms with Gasteiger partial charge in [-0.1, -0.05) is 65.7 Å². The summed E-state index contributed by atoms with van der Waals surface area (Å²) in [6.45, 7) is 9.14. The molecule has 116 valence electrons. The second-order valence-electron chi connectivity index (χ2n) is 6.62. The van der Waals surface area contributed by atoms with Crippen LogP contribution in [0.4, 0.5) is 0 Å². The van der Waals surface area contributed by atoms with E-state index in [1.54, 1.807) is 0 Å². The van der Waals surface area contributed by atoms with Crippen molar-refractivity contribution >= 4 is 0 Å². The van der Waals surface area contributed by atoms with E-state index in [4.69, 9.17) is 5.10 Å². The van der Waals surface area contributed by atoms with Gasteiger partial charge in [0.1, 0.15) is 0 Å². The Kier molecular flexibility index (Phi) is 7.32. The molecule has 0 saturated carbocycles. The average molecular weight is 278 g/mol. The summed E-state index contributed by atoms with van der Waals surface area (Å²) in [4.78, 5) is 0. The molecule has 0 N–H and O–H groups in total. The summed E-state index contributed by atoms with van der Waals surface area (Å²) in [5.41, 5.74) is 2.86. The number of hydrogen-bond acceptors (Lipinski definition) is 1. The van der Waals surface area contributed by atoms with Gasteiger partial charge in [-0.2, -0.15) is 5.10 Å². The maximum absolute atomic E-state index is 4.78. The highest BCUT2D eigenvalue weighted by atomic mass is 15.3. The summed E-state index contributed by atoms with van der Waals surface area (Å²) >= 11 is 0. The van der Waals surface area contributed by atoms with Crippen LogP contribution in [0.25, 0.3) is 0 Å². The number of aromatic nitrogens is 2. The molecule has 0 spiro atoms. The maximum atomic E-state index is 4.78. The average Bonchev–Trinajstić information content (AvgIpc) is 2.76. The van der Waals surface area contributed by atoms with Crippen LogP contribution in [0.5, 0.6) is 0 Å². The molecule has 0 saturated heterocycles. The predicted molar refractivity (Wildman–Crippen MR) is 88.2 cm³/mol. The molecule has 20 heavy (non-hydrogen) atoms. The first-order valence-corrected chi connectivity index (χ1v) is 8.54. The van der Waals surface area contributed by atoms with E-state index >= 15 is 0 Å². The highest BCUT2D eigenvalue weighted by Gasteiger charge is 2.28. The van der Waals surface area contributed by atoms with Crippen molar-refractivity contribution in [2.75, 3.05) is 0 Å². The van der Waals surface area contributed by atoms with Gasteiger partial charge in [0.25, 0.3) is 0 Å². The molecule has 1 aromatic heterocycles. The molecule has 1 heterocycles. The molecule has 1 atom stereocenters. The zero-order chi connectivity index (χ0) is 15.0. The monoisotopic (exact) mass is 278 g/mol. The highest BCUT2D eigenvalue weighted by Crippen LogP contribution is 2.34. The van der Waals surface area contributed by atoms with Crippen molar-refractivity contribution in [2.45, 2.75) is 90.9 Å². The van der Waals surface area contributed by atoms with Gasteiger partial charge in [-0.25, -0.2) is 0 Å². The lowest BCUT2D eigenvalue weighted by molar-refractivity contribution is 0.354. The number of nitrogens with zero attached hydrogens (tertiary/aromatic N) is 2. The van der Waals surface area contributed by atoms with Gasteiger partial charge in [-0.15, -0.1) is 0 Å². The minimum Gasteiger partial charge on any atom is -0.273 e. The molecular formula is C18H34N2. The zero-order valence-electron chi connectivity index (χ0n) is 14.3. The van der Waals surface area contributed by atoms with Crippen LogP contribution in [0.3, 0.4) is 0 Å². The van der Waals surface area contributed by atoms with Crippen molar-refractivity contribution in [1.82, 2.24) is 9.78 Å². The second-order valence-corrected chi connectivity index (χ2v) is 6.62. The third-order valence-corrected chi connectivity index (χ3v) is 4.65. The standard InChI is InChI=1S/C18H34N2/c1-6-8-10-12-14-18(4,13-11-9-7-2)17-15-16(3)20(5)19-17/h15H,6-14H2,1-5H3. The number of unbranched alkanes of at least 4 members (excludes halogenated alkanes) is 5. The fourth-order valence-corrected chi connectivity index (χ4v) is 2.94. The van der Waals surface area contributed by atoms with Crippen molar-refractivity contribution in [3.8, 4) is 0 Å². The lowest BCUT2D eigenvalue weighted by Crippen LogP contribution is -2.23.